The van der Waals surface area contributed by atoms with Gasteiger partial charge >= 0.3 is 0 Å². The maximum absolute atomic E-state index is 12.3. The van der Waals surface area contributed by atoms with Crippen LogP contribution in [0.5, 0.6) is 0 Å². The first-order valence-corrected chi connectivity index (χ1v) is 6.37. The lowest BCUT2D eigenvalue weighted by molar-refractivity contribution is 0.0943. The zero-order valence-corrected chi connectivity index (χ0v) is 12.2. The first-order chi connectivity index (χ1) is 9.15. The van der Waals surface area contributed by atoms with E-state index in [9.17, 15) is 4.79 Å². The molecule has 3 rings (SSSR count). The number of aromatic nitrogens is 2. The van der Waals surface area contributed by atoms with Crippen molar-refractivity contribution in [2.75, 3.05) is 19.6 Å². The zero-order chi connectivity index (χ0) is 13.4. The molecule has 6 nitrogen and oxygen atoms in total. The van der Waals surface area contributed by atoms with Gasteiger partial charge in [0, 0.05) is 31.2 Å². The Morgan fingerprint density at radius 1 is 1.50 bits per heavy atom. The molecule has 1 aliphatic heterocycles. The molecule has 1 aliphatic rings. The van der Waals surface area contributed by atoms with Crippen molar-refractivity contribution in [3.05, 3.63) is 23.0 Å². The summed E-state index contributed by atoms with van der Waals surface area (Å²) >= 11 is 0. The number of amides is 1. The molecular weight excluding hydrogens is 280 g/mol. The summed E-state index contributed by atoms with van der Waals surface area (Å²) in [6, 6.07) is 1.78. The summed E-state index contributed by atoms with van der Waals surface area (Å²) in [5.74, 6) is 0.444. The van der Waals surface area contributed by atoms with Crippen LogP contribution in [-0.2, 0) is 0 Å². The third-order valence-electron chi connectivity index (χ3n) is 3.41. The molecule has 20 heavy (non-hydrogen) atoms. The molecule has 1 fully saturated rings. The van der Waals surface area contributed by atoms with Crippen molar-refractivity contribution < 1.29 is 9.32 Å². The van der Waals surface area contributed by atoms with Crippen LogP contribution < -0.4 is 10.6 Å². The van der Waals surface area contributed by atoms with Gasteiger partial charge in [0.1, 0.15) is 0 Å². The molecule has 0 aromatic carbocycles. The van der Waals surface area contributed by atoms with Crippen LogP contribution in [0.4, 0.5) is 0 Å². The van der Waals surface area contributed by atoms with Gasteiger partial charge in [-0.1, -0.05) is 5.16 Å². The summed E-state index contributed by atoms with van der Waals surface area (Å²) in [5.41, 5.74) is 2.46. The number of halogens is 1. The van der Waals surface area contributed by atoms with Crippen molar-refractivity contribution in [2.45, 2.75) is 13.8 Å². The van der Waals surface area contributed by atoms with Gasteiger partial charge in [-0.25, -0.2) is 4.98 Å². The number of fused-ring (bicyclic) bond motifs is 1. The number of rotatable bonds is 3. The average Bonchev–Trinajstić information content (AvgIpc) is 2.67. The Labute approximate surface area is 122 Å². The molecule has 1 saturated heterocycles. The highest BCUT2D eigenvalue weighted by atomic mass is 35.5. The van der Waals surface area contributed by atoms with E-state index in [1.165, 1.54) is 0 Å². The van der Waals surface area contributed by atoms with Crippen molar-refractivity contribution in [1.82, 2.24) is 20.8 Å². The Morgan fingerprint density at radius 3 is 2.90 bits per heavy atom. The third-order valence-corrected chi connectivity index (χ3v) is 3.41. The van der Waals surface area contributed by atoms with Crippen molar-refractivity contribution in [3.63, 3.8) is 0 Å². The van der Waals surface area contributed by atoms with E-state index in [0.29, 0.717) is 34.8 Å². The number of carbonyl (C=O) groups excluding carboxylic acids is 1. The fourth-order valence-electron chi connectivity index (χ4n) is 2.22. The minimum atomic E-state index is -0.0892. The zero-order valence-electron chi connectivity index (χ0n) is 11.4. The number of hydrogen-bond donors (Lipinski definition) is 2. The fraction of sp³-hybridized carbons (Fsp3) is 0.462. The lowest BCUT2D eigenvalue weighted by Crippen LogP contribution is -2.48. The predicted octanol–water partition coefficient (Wildman–Crippen LogP) is 1.21. The van der Waals surface area contributed by atoms with E-state index in [1.807, 2.05) is 13.8 Å². The van der Waals surface area contributed by atoms with Crippen LogP contribution in [0.1, 0.15) is 21.7 Å². The lowest BCUT2D eigenvalue weighted by Gasteiger charge is -2.27. The molecule has 7 heteroatoms. The monoisotopic (exact) mass is 296 g/mol. The molecule has 2 aromatic heterocycles. The number of nitrogens with one attached hydrogen (secondary N) is 2. The second-order valence-corrected chi connectivity index (χ2v) is 4.99. The van der Waals surface area contributed by atoms with Gasteiger partial charge in [-0.2, -0.15) is 0 Å². The van der Waals surface area contributed by atoms with E-state index < -0.39 is 0 Å². The summed E-state index contributed by atoms with van der Waals surface area (Å²) in [6.07, 6.45) is 0. The fourth-order valence-corrected chi connectivity index (χ4v) is 2.22. The van der Waals surface area contributed by atoms with E-state index in [2.05, 4.69) is 20.8 Å². The van der Waals surface area contributed by atoms with Gasteiger partial charge in [0.25, 0.3) is 11.6 Å². The van der Waals surface area contributed by atoms with Gasteiger partial charge in [0.05, 0.1) is 16.6 Å². The van der Waals surface area contributed by atoms with E-state index >= 15 is 0 Å². The molecule has 2 aromatic rings. The van der Waals surface area contributed by atoms with E-state index in [0.717, 1.165) is 18.8 Å². The molecule has 1 amide bonds. The molecule has 108 valence electrons. The second kappa shape index (κ2) is 5.76. The van der Waals surface area contributed by atoms with Crippen LogP contribution in [0, 0.1) is 19.8 Å². The number of pyridine rings is 1. The van der Waals surface area contributed by atoms with Gasteiger partial charge in [0.15, 0.2) is 0 Å². The Balaban J connectivity index is 0.00000147. The molecule has 0 atom stereocenters. The first kappa shape index (κ1) is 14.7. The molecular formula is C13H17ClN4O2. The quantitative estimate of drug-likeness (QED) is 0.890. The van der Waals surface area contributed by atoms with Gasteiger partial charge in [-0.3, -0.25) is 4.79 Å². The SMILES string of the molecule is Cc1cc(C(=O)NCC2CNC2)c2c(C)noc2n1.Cl. The predicted molar refractivity (Wildman–Crippen MR) is 77.2 cm³/mol. The normalized spacial score (nSPS) is 14.7. The number of aryl methyl sites for hydroxylation is 2. The highest BCUT2D eigenvalue weighted by Gasteiger charge is 2.20. The maximum atomic E-state index is 12.3. The topological polar surface area (TPSA) is 80.0 Å². The van der Waals surface area contributed by atoms with Gasteiger partial charge in [-0.05, 0) is 19.9 Å². The van der Waals surface area contributed by atoms with Gasteiger partial charge < -0.3 is 15.2 Å². The first-order valence-electron chi connectivity index (χ1n) is 6.37. The lowest BCUT2D eigenvalue weighted by atomic mass is 10.0. The number of nitrogens with zero attached hydrogens (tertiary/aromatic N) is 2. The van der Waals surface area contributed by atoms with Gasteiger partial charge in [0.2, 0.25) is 0 Å². The standard InChI is InChI=1S/C13H16N4O2.ClH/c1-7-3-10(11-8(2)17-19-13(11)16-7)12(18)15-6-9-4-14-5-9;/h3,9,14H,4-6H2,1-2H3,(H,15,18);1H. The van der Waals surface area contributed by atoms with Crippen molar-refractivity contribution in [3.8, 4) is 0 Å². The Kier molecular flexibility index (Phi) is 4.25. The highest BCUT2D eigenvalue weighted by molar-refractivity contribution is 6.06. The summed E-state index contributed by atoms with van der Waals surface area (Å²) in [5, 5.41) is 10.7. The van der Waals surface area contributed by atoms with E-state index in [-0.39, 0.29) is 18.3 Å². The van der Waals surface area contributed by atoms with E-state index in [1.54, 1.807) is 6.07 Å². The second-order valence-electron chi connectivity index (χ2n) is 4.99. The minimum absolute atomic E-state index is 0. The van der Waals surface area contributed by atoms with Crippen LogP contribution in [-0.4, -0.2) is 35.7 Å². The molecule has 0 aliphatic carbocycles. The largest absolute Gasteiger partial charge is 0.352 e. The Hall–Kier alpha value is -1.66. The van der Waals surface area contributed by atoms with Crippen molar-refractivity contribution in [1.29, 1.82) is 0 Å². The molecule has 2 N–H and O–H groups in total. The van der Waals surface area contributed by atoms with Crippen LogP contribution in [0.25, 0.3) is 11.1 Å². The average molecular weight is 297 g/mol. The molecule has 0 spiro atoms. The van der Waals surface area contributed by atoms with E-state index in [4.69, 9.17) is 4.52 Å². The van der Waals surface area contributed by atoms with Crippen LogP contribution in [0.3, 0.4) is 0 Å². The van der Waals surface area contributed by atoms with Crippen LogP contribution in [0.15, 0.2) is 10.6 Å². The number of hydrogen-bond acceptors (Lipinski definition) is 5. The number of carbonyl (C=O) groups is 1. The molecule has 0 unspecified atom stereocenters. The Bertz CT molecular complexity index is 637. The van der Waals surface area contributed by atoms with Crippen molar-refractivity contribution in [2.24, 2.45) is 5.92 Å². The van der Waals surface area contributed by atoms with Crippen LogP contribution >= 0.6 is 12.4 Å². The minimum Gasteiger partial charge on any atom is -0.352 e. The third kappa shape index (κ3) is 2.62. The van der Waals surface area contributed by atoms with Crippen LogP contribution in [0.2, 0.25) is 0 Å². The molecule has 0 radical (unpaired) electrons. The van der Waals surface area contributed by atoms with Crippen molar-refractivity contribution >= 4 is 29.4 Å². The summed E-state index contributed by atoms with van der Waals surface area (Å²) < 4.78 is 5.13. The molecule has 0 bridgehead atoms. The molecule has 0 saturated carbocycles. The smallest absolute Gasteiger partial charge is 0.258 e. The summed E-state index contributed by atoms with van der Waals surface area (Å²) in [4.78, 5) is 16.5. The summed E-state index contributed by atoms with van der Waals surface area (Å²) in [7, 11) is 0. The maximum Gasteiger partial charge on any atom is 0.258 e. The van der Waals surface area contributed by atoms with Gasteiger partial charge in [-0.15, -0.1) is 12.4 Å². The Morgan fingerprint density at radius 2 is 2.25 bits per heavy atom. The highest BCUT2D eigenvalue weighted by Crippen LogP contribution is 2.21. The molecule has 3 heterocycles. The summed E-state index contributed by atoms with van der Waals surface area (Å²) in [6.45, 7) is 6.28.